The Morgan fingerprint density at radius 2 is 2.32 bits per heavy atom. The highest BCUT2D eigenvalue weighted by atomic mass is 16.5. The second-order valence-corrected chi connectivity index (χ2v) is 6.51. The number of amides is 1. The first-order valence-corrected chi connectivity index (χ1v) is 8.72. The number of hydrogen-bond donors (Lipinski definition) is 1. The van der Waals surface area contributed by atoms with Crippen molar-refractivity contribution in [1.29, 1.82) is 0 Å². The number of aromatic nitrogens is 1. The van der Waals surface area contributed by atoms with Crippen LogP contribution in [0.25, 0.3) is 0 Å². The Kier molecular flexibility index (Phi) is 5.71. The minimum absolute atomic E-state index is 0.133. The summed E-state index contributed by atoms with van der Waals surface area (Å²) in [7, 11) is 1.61. The zero-order chi connectivity index (χ0) is 17.6. The van der Waals surface area contributed by atoms with Gasteiger partial charge in [0, 0.05) is 26.4 Å². The van der Waals surface area contributed by atoms with Gasteiger partial charge in [0.05, 0.1) is 24.5 Å². The number of ether oxygens (including phenoxy) is 1. The van der Waals surface area contributed by atoms with Gasteiger partial charge in [0.25, 0.3) is 5.91 Å². The van der Waals surface area contributed by atoms with Crippen LogP contribution in [0.2, 0.25) is 0 Å². The second kappa shape index (κ2) is 8.16. The minimum Gasteiger partial charge on any atom is -0.467 e. The van der Waals surface area contributed by atoms with Gasteiger partial charge in [0.2, 0.25) is 0 Å². The van der Waals surface area contributed by atoms with Crippen molar-refractivity contribution in [2.75, 3.05) is 31.7 Å². The van der Waals surface area contributed by atoms with Crippen LogP contribution in [-0.4, -0.2) is 37.7 Å². The molecule has 3 heterocycles. The van der Waals surface area contributed by atoms with E-state index in [2.05, 4.69) is 22.1 Å². The van der Waals surface area contributed by atoms with Gasteiger partial charge >= 0.3 is 0 Å². The summed E-state index contributed by atoms with van der Waals surface area (Å²) >= 11 is 0. The van der Waals surface area contributed by atoms with Crippen LogP contribution in [0.4, 0.5) is 5.82 Å². The molecule has 2 atom stereocenters. The largest absolute Gasteiger partial charge is 0.467 e. The smallest absolute Gasteiger partial charge is 0.252 e. The van der Waals surface area contributed by atoms with E-state index >= 15 is 0 Å². The molecular weight excluding hydrogens is 318 g/mol. The number of nitrogens with zero attached hydrogens (tertiary/aromatic N) is 2. The van der Waals surface area contributed by atoms with Crippen molar-refractivity contribution in [2.45, 2.75) is 25.8 Å². The molecule has 1 amide bonds. The van der Waals surface area contributed by atoms with Crippen LogP contribution >= 0.6 is 0 Å². The molecule has 0 spiro atoms. The molecule has 0 radical (unpaired) electrons. The third-order valence-corrected chi connectivity index (χ3v) is 4.63. The van der Waals surface area contributed by atoms with Gasteiger partial charge in [-0.25, -0.2) is 4.98 Å². The molecule has 134 valence electrons. The lowest BCUT2D eigenvalue weighted by molar-refractivity contribution is 0.0936. The summed E-state index contributed by atoms with van der Waals surface area (Å²) in [5.74, 6) is 2.36. The maximum Gasteiger partial charge on any atom is 0.252 e. The SMILES string of the molecule is COCCNC(=O)c1ccc(N2CC[C@H](C)C[C@H]2c2ccco2)nc1. The molecule has 6 heteroatoms. The molecule has 0 saturated carbocycles. The number of nitrogens with one attached hydrogen (secondary N) is 1. The van der Waals surface area contributed by atoms with Crippen LogP contribution < -0.4 is 10.2 Å². The Morgan fingerprint density at radius 3 is 3.00 bits per heavy atom. The first-order valence-electron chi connectivity index (χ1n) is 8.72. The zero-order valence-corrected chi connectivity index (χ0v) is 14.8. The summed E-state index contributed by atoms with van der Waals surface area (Å²) in [6.07, 6.45) is 5.51. The number of piperidine rings is 1. The molecule has 1 saturated heterocycles. The maximum absolute atomic E-state index is 12.1. The lowest BCUT2D eigenvalue weighted by Gasteiger charge is -2.38. The zero-order valence-electron chi connectivity index (χ0n) is 14.8. The Balaban J connectivity index is 1.72. The van der Waals surface area contributed by atoms with Gasteiger partial charge < -0.3 is 19.4 Å². The highest BCUT2D eigenvalue weighted by molar-refractivity contribution is 5.94. The van der Waals surface area contributed by atoms with Crippen LogP contribution in [0.15, 0.2) is 41.1 Å². The summed E-state index contributed by atoms with van der Waals surface area (Å²) in [4.78, 5) is 18.9. The highest BCUT2D eigenvalue weighted by Gasteiger charge is 2.30. The molecule has 3 rings (SSSR count). The molecular formula is C19H25N3O3. The first-order chi connectivity index (χ1) is 12.2. The lowest BCUT2D eigenvalue weighted by Crippen LogP contribution is -2.36. The van der Waals surface area contributed by atoms with Crippen molar-refractivity contribution in [3.05, 3.63) is 48.0 Å². The van der Waals surface area contributed by atoms with Crippen molar-refractivity contribution in [1.82, 2.24) is 10.3 Å². The molecule has 1 fully saturated rings. The van der Waals surface area contributed by atoms with Crippen LogP contribution in [0.5, 0.6) is 0 Å². The average Bonchev–Trinajstić information content (AvgIpc) is 3.16. The molecule has 0 unspecified atom stereocenters. The number of hydrogen-bond acceptors (Lipinski definition) is 5. The van der Waals surface area contributed by atoms with E-state index in [0.29, 0.717) is 24.6 Å². The van der Waals surface area contributed by atoms with E-state index in [1.165, 1.54) is 0 Å². The number of pyridine rings is 1. The molecule has 1 N–H and O–H groups in total. The van der Waals surface area contributed by atoms with E-state index in [1.54, 1.807) is 19.6 Å². The Bertz CT molecular complexity index is 670. The van der Waals surface area contributed by atoms with E-state index < -0.39 is 0 Å². The maximum atomic E-state index is 12.1. The van der Waals surface area contributed by atoms with E-state index in [9.17, 15) is 4.79 Å². The molecule has 2 aromatic heterocycles. The Morgan fingerprint density at radius 1 is 1.44 bits per heavy atom. The summed E-state index contributed by atoms with van der Waals surface area (Å²) in [6, 6.07) is 7.87. The van der Waals surface area contributed by atoms with E-state index in [0.717, 1.165) is 31.0 Å². The molecule has 6 nitrogen and oxygen atoms in total. The predicted molar refractivity (Wildman–Crippen MR) is 95.6 cm³/mol. The van der Waals surface area contributed by atoms with Crippen molar-refractivity contribution in [3.63, 3.8) is 0 Å². The third kappa shape index (κ3) is 4.20. The van der Waals surface area contributed by atoms with Crippen LogP contribution in [0.1, 0.15) is 41.9 Å². The van der Waals surface area contributed by atoms with Crippen LogP contribution in [0, 0.1) is 5.92 Å². The van der Waals surface area contributed by atoms with Crippen molar-refractivity contribution in [3.8, 4) is 0 Å². The Hall–Kier alpha value is -2.34. The highest BCUT2D eigenvalue weighted by Crippen LogP contribution is 2.36. The summed E-state index contributed by atoms with van der Waals surface area (Å²) in [6.45, 7) is 4.18. The van der Waals surface area contributed by atoms with Gasteiger partial charge in [-0.05, 0) is 43.0 Å². The summed E-state index contributed by atoms with van der Waals surface area (Å²) < 4.78 is 10.6. The van der Waals surface area contributed by atoms with Crippen LogP contribution in [-0.2, 0) is 4.74 Å². The molecule has 0 aromatic carbocycles. The summed E-state index contributed by atoms with van der Waals surface area (Å²) in [5, 5.41) is 2.80. The lowest BCUT2D eigenvalue weighted by atomic mass is 9.91. The number of furan rings is 1. The molecule has 0 bridgehead atoms. The predicted octanol–water partition coefficient (Wildman–Crippen LogP) is 3.03. The average molecular weight is 343 g/mol. The fourth-order valence-corrected chi connectivity index (χ4v) is 3.23. The van der Waals surface area contributed by atoms with Gasteiger partial charge in [-0.2, -0.15) is 0 Å². The van der Waals surface area contributed by atoms with Crippen molar-refractivity contribution in [2.24, 2.45) is 5.92 Å². The fourth-order valence-electron chi connectivity index (χ4n) is 3.23. The number of carbonyl (C=O) groups excluding carboxylic acids is 1. The van der Waals surface area contributed by atoms with Crippen LogP contribution in [0.3, 0.4) is 0 Å². The topological polar surface area (TPSA) is 67.6 Å². The van der Waals surface area contributed by atoms with Gasteiger partial charge in [-0.1, -0.05) is 6.92 Å². The standard InChI is InChI=1S/C19H25N3O3/c1-14-7-9-22(16(12-14)17-4-3-10-25-17)18-6-5-15(13-21-18)19(23)20-8-11-24-2/h3-6,10,13-14,16H,7-9,11-12H2,1-2H3,(H,20,23)/t14-,16-/m0/s1. The van der Waals surface area contributed by atoms with Crippen molar-refractivity contribution >= 4 is 11.7 Å². The summed E-state index contributed by atoms with van der Waals surface area (Å²) in [5.41, 5.74) is 0.555. The molecule has 2 aromatic rings. The second-order valence-electron chi connectivity index (χ2n) is 6.51. The molecule has 0 aliphatic carbocycles. The van der Waals surface area contributed by atoms with E-state index in [4.69, 9.17) is 9.15 Å². The minimum atomic E-state index is -0.133. The molecule has 1 aliphatic rings. The number of carbonyl (C=O) groups is 1. The molecule has 25 heavy (non-hydrogen) atoms. The first kappa shape index (κ1) is 17.5. The van der Waals surface area contributed by atoms with Crippen molar-refractivity contribution < 1.29 is 13.9 Å². The van der Waals surface area contributed by atoms with Gasteiger partial charge in [-0.3, -0.25) is 4.79 Å². The quantitative estimate of drug-likeness (QED) is 0.817. The normalized spacial score (nSPS) is 20.5. The third-order valence-electron chi connectivity index (χ3n) is 4.63. The molecule has 1 aliphatic heterocycles. The number of methoxy groups -OCH3 is 1. The van der Waals surface area contributed by atoms with Gasteiger partial charge in [-0.15, -0.1) is 0 Å². The Labute approximate surface area is 148 Å². The number of rotatable bonds is 6. The number of anilines is 1. The fraction of sp³-hybridized carbons (Fsp3) is 0.474. The monoisotopic (exact) mass is 343 g/mol. The van der Waals surface area contributed by atoms with Gasteiger partial charge in [0.15, 0.2) is 0 Å². The van der Waals surface area contributed by atoms with E-state index in [1.807, 2.05) is 24.3 Å². The van der Waals surface area contributed by atoms with E-state index in [-0.39, 0.29) is 11.9 Å². The van der Waals surface area contributed by atoms with Gasteiger partial charge in [0.1, 0.15) is 11.6 Å².